The van der Waals surface area contributed by atoms with Crippen molar-refractivity contribution in [1.29, 1.82) is 0 Å². The van der Waals surface area contributed by atoms with Crippen LogP contribution in [-0.2, 0) is 9.59 Å². The van der Waals surface area contributed by atoms with Crippen LogP contribution in [0.25, 0.3) is 6.08 Å². The van der Waals surface area contributed by atoms with Gasteiger partial charge in [0, 0.05) is 24.8 Å². The molecule has 220 valence electrons. The number of Topliss-reactive ketones (excluding diaryl/α,β-unsaturated/α-hetero) is 2. The predicted molar refractivity (Wildman–Crippen MR) is 163 cm³/mol. The topological polar surface area (TPSA) is 51.2 Å². The van der Waals surface area contributed by atoms with Crippen molar-refractivity contribution in [1.82, 2.24) is 0 Å². The molecule has 0 saturated heterocycles. The largest absolute Gasteiger partial charge is 0.300 e. The van der Waals surface area contributed by atoms with Gasteiger partial charge < -0.3 is 0 Å². The molecule has 0 aliphatic heterocycles. The van der Waals surface area contributed by atoms with Gasteiger partial charge in [0.05, 0.1) is 0 Å². The summed E-state index contributed by atoms with van der Waals surface area (Å²) < 4.78 is 24.9. The van der Waals surface area contributed by atoms with Crippen LogP contribution in [0.2, 0.25) is 0 Å². The summed E-state index contributed by atoms with van der Waals surface area (Å²) in [6.07, 6.45) is 16.4. The van der Waals surface area contributed by atoms with E-state index in [2.05, 4.69) is 0 Å². The zero-order valence-corrected chi connectivity index (χ0v) is 20.4. The average Bonchev–Trinajstić information content (AvgIpc) is 2.84. The minimum absolute atomic E-state index is 0. The fourth-order valence-electron chi connectivity index (χ4n) is 4.01. The molecule has 0 N–H and O–H groups in total. The summed E-state index contributed by atoms with van der Waals surface area (Å²) in [5, 5.41) is 0. The van der Waals surface area contributed by atoms with E-state index in [1.165, 1.54) is 62.1 Å². The predicted octanol–water partition coefficient (Wildman–Crippen LogP) is 10.6. The Bertz CT molecular complexity index is 937. The van der Waals surface area contributed by atoms with E-state index in [0.717, 1.165) is 62.5 Å². The second-order valence-electron chi connectivity index (χ2n) is 9.03. The molecule has 3 nitrogen and oxygen atoms in total. The third kappa shape index (κ3) is 18.1. The van der Waals surface area contributed by atoms with Gasteiger partial charge in [-0.25, -0.2) is 8.78 Å². The first-order valence-electron chi connectivity index (χ1n) is 12.7. The highest BCUT2D eigenvalue weighted by molar-refractivity contribution is 5.99. The first-order chi connectivity index (χ1) is 17.0. The number of hydrogen-bond donors (Lipinski definition) is 0. The minimum Gasteiger partial charge on any atom is -0.300 e. The molecule has 2 aliphatic rings. The van der Waals surface area contributed by atoms with Crippen LogP contribution in [0, 0.1) is 11.6 Å². The van der Waals surface area contributed by atoms with E-state index in [-0.39, 0.29) is 47.1 Å². The van der Waals surface area contributed by atoms with Gasteiger partial charge >= 0.3 is 0 Å². The lowest BCUT2D eigenvalue weighted by atomic mass is 9.93. The quantitative estimate of drug-likeness (QED) is 0.278. The monoisotopic (exact) mass is 546 g/mol. The van der Waals surface area contributed by atoms with Crippen molar-refractivity contribution in [3.8, 4) is 0 Å². The van der Waals surface area contributed by atoms with Gasteiger partial charge in [-0.05, 0) is 85.7 Å². The van der Waals surface area contributed by atoms with Crippen molar-refractivity contribution in [2.24, 2.45) is 0 Å². The van der Waals surface area contributed by atoms with E-state index >= 15 is 0 Å². The molecule has 0 bridgehead atoms. The normalized spacial score (nSPS) is 16.1. The number of benzene rings is 2. The van der Waals surface area contributed by atoms with E-state index in [1.54, 1.807) is 12.1 Å². The van der Waals surface area contributed by atoms with Crippen molar-refractivity contribution in [3.63, 3.8) is 0 Å². The molecule has 2 aromatic rings. The Labute approximate surface area is 237 Å². The van der Waals surface area contributed by atoms with Crippen LogP contribution in [0.1, 0.15) is 129 Å². The molecule has 2 aliphatic carbocycles. The van der Waals surface area contributed by atoms with Crippen molar-refractivity contribution < 1.29 is 23.2 Å². The molecule has 0 aromatic heterocycles. The molecule has 0 unspecified atom stereocenters. The molecule has 39 heavy (non-hydrogen) atoms. The van der Waals surface area contributed by atoms with Crippen LogP contribution in [-0.4, -0.2) is 17.9 Å². The second-order valence-corrected chi connectivity index (χ2v) is 9.03. The van der Waals surface area contributed by atoms with E-state index in [0.29, 0.717) is 24.1 Å². The lowest BCUT2D eigenvalue weighted by Crippen LogP contribution is -2.05. The highest BCUT2D eigenvalue weighted by atomic mass is 19.1. The zero-order valence-electron chi connectivity index (χ0n) is 20.4. The van der Waals surface area contributed by atoms with E-state index in [4.69, 9.17) is 0 Å². The average molecular weight is 547 g/mol. The molecule has 0 atom stereocenters. The van der Waals surface area contributed by atoms with Crippen LogP contribution in [0.15, 0.2) is 54.1 Å². The minimum atomic E-state index is -0.319. The molecule has 2 fully saturated rings. The van der Waals surface area contributed by atoms with Gasteiger partial charge in [-0.2, -0.15) is 0 Å². The summed E-state index contributed by atoms with van der Waals surface area (Å²) in [4.78, 5) is 32.7. The number of carbonyl (C=O) groups is 3. The lowest BCUT2D eigenvalue weighted by molar-refractivity contribution is -0.119. The van der Waals surface area contributed by atoms with Crippen LogP contribution in [0.3, 0.4) is 0 Å². The van der Waals surface area contributed by atoms with Crippen molar-refractivity contribution in [3.05, 3.63) is 76.9 Å². The Morgan fingerprint density at radius 3 is 1.36 bits per heavy atom. The Morgan fingerprint density at radius 2 is 0.897 bits per heavy atom. The zero-order chi connectivity index (χ0) is 25.3. The van der Waals surface area contributed by atoms with E-state index in [1.807, 2.05) is 6.08 Å². The molecule has 5 heteroatoms. The third-order valence-corrected chi connectivity index (χ3v) is 6.09. The summed E-state index contributed by atoms with van der Waals surface area (Å²) in [6.45, 7) is 0. The Kier molecular flexibility index (Phi) is 25.1. The van der Waals surface area contributed by atoms with Crippen molar-refractivity contribution in [2.45, 2.75) is 113 Å². The van der Waals surface area contributed by atoms with Crippen LogP contribution < -0.4 is 0 Å². The fourth-order valence-corrected chi connectivity index (χ4v) is 4.01. The van der Waals surface area contributed by atoms with E-state index in [9.17, 15) is 23.2 Å². The van der Waals surface area contributed by atoms with Gasteiger partial charge in [0.2, 0.25) is 0 Å². The maximum atomic E-state index is 12.8. The summed E-state index contributed by atoms with van der Waals surface area (Å²) >= 11 is 0. The standard InChI is InChI=1S/C15H17FO.C8H14O.C7H5FO.4CH4/c16-14-9-7-12(8-10-14)11-13-5-3-1-2-4-6-15(13)17;9-8-6-4-2-1-3-5-7-8;8-7-3-1-6(5-9)2-4-7;;;;/h7-11H,1-6H2;1-7H2;1-5H;4*1H4/b13-11+;;;;;;. The van der Waals surface area contributed by atoms with Gasteiger partial charge in [0.1, 0.15) is 23.7 Å². The molecule has 0 heterocycles. The van der Waals surface area contributed by atoms with Crippen LogP contribution in [0.5, 0.6) is 0 Å². The number of allylic oxidation sites excluding steroid dienone is 1. The molecule has 0 amide bonds. The SMILES string of the molecule is C.C.C.C.O=C1CCCCCC/C1=C\c1ccc(F)cc1.O=C1CCCCCCC1.O=Cc1ccc(F)cc1. The fraction of sp³-hybridized carbons (Fsp3) is 0.500. The first kappa shape index (κ1) is 40.5. The maximum absolute atomic E-state index is 12.8. The number of aldehydes is 1. The highest BCUT2D eigenvalue weighted by Crippen LogP contribution is 2.21. The third-order valence-electron chi connectivity index (χ3n) is 6.09. The smallest absolute Gasteiger partial charge is 0.158 e. The van der Waals surface area contributed by atoms with Gasteiger partial charge in [0.15, 0.2) is 5.78 Å². The molecular weight excluding hydrogens is 494 g/mol. The Balaban J connectivity index is -0.000000511. The van der Waals surface area contributed by atoms with Gasteiger partial charge in [-0.15, -0.1) is 0 Å². The Hall–Kier alpha value is -2.95. The maximum Gasteiger partial charge on any atom is 0.158 e. The second kappa shape index (κ2) is 24.1. The molecule has 0 spiro atoms. The molecule has 4 rings (SSSR count). The molecule has 0 radical (unpaired) electrons. The van der Waals surface area contributed by atoms with E-state index < -0.39 is 0 Å². The van der Waals surface area contributed by atoms with Gasteiger partial charge in [-0.3, -0.25) is 14.4 Å². The summed E-state index contributed by atoms with van der Waals surface area (Å²) in [5.41, 5.74) is 2.31. The number of hydrogen-bond acceptors (Lipinski definition) is 3. The van der Waals surface area contributed by atoms with Crippen LogP contribution >= 0.6 is 0 Å². The first-order valence-corrected chi connectivity index (χ1v) is 12.7. The molecular formula is C34H52F2O3. The number of carbonyl (C=O) groups excluding carboxylic acids is 3. The molecule has 2 saturated carbocycles. The van der Waals surface area contributed by atoms with Crippen molar-refractivity contribution in [2.75, 3.05) is 0 Å². The number of rotatable bonds is 2. The number of ketones is 2. The number of halogens is 2. The van der Waals surface area contributed by atoms with Crippen molar-refractivity contribution >= 4 is 23.9 Å². The lowest BCUT2D eigenvalue weighted by Gasteiger charge is -2.11. The Morgan fingerprint density at radius 1 is 0.513 bits per heavy atom. The highest BCUT2D eigenvalue weighted by Gasteiger charge is 2.12. The van der Waals surface area contributed by atoms with Gasteiger partial charge in [-0.1, -0.05) is 73.9 Å². The summed E-state index contributed by atoms with van der Waals surface area (Å²) in [7, 11) is 0. The van der Waals surface area contributed by atoms with Gasteiger partial charge in [0.25, 0.3) is 0 Å². The molecule has 2 aromatic carbocycles. The summed E-state index contributed by atoms with van der Waals surface area (Å²) in [6, 6.07) is 11.7. The van der Waals surface area contributed by atoms with Crippen LogP contribution in [0.4, 0.5) is 8.78 Å². The summed E-state index contributed by atoms with van der Waals surface area (Å²) in [5.74, 6) is 0.181.